The maximum Gasteiger partial charge on any atom is 0.309 e. The molecule has 0 radical (unpaired) electrons. The lowest BCUT2D eigenvalue weighted by molar-refractivity contribution is -0.154. The number of hydrogen-bond donors (Lipinski definition) is 1. The second-order valence-corrected chi connectivity index (χ2v) is 6.97. The Labute approximate surface area is 114 Å². The molecule has 106 valence electrons. The van der Waals surface area contributed by atoms with Crippen LogP contribution in [0.4, 0.5) is 0 Å². The standard InChI is InChI=1S/C15H23NO3/c1-15(14(18)19)4-6-16(7-5-15)13(17)12-9-10-2-3-11(12)8-10/h10-12H,2-9H2,1H3,(H,18,19). The first-order valence-corrected chi connectivity index (χ1v) is 7.52. The number of carbonyl (C=O) groups excluding carboxylic acids is 1. The van der Waals surface area contributed by atoms with Crippen molar-refractivity contribution in [1.29, 1.82) is 0 Å². The van der Waals surface area contributed by atoms with E-state index in [2.05, 4.69) is 0 Å². The van der Waals surface area contributed by atoms with E-state index in [1.807, 2.05) is 4.90 Å². The van der Waals surface area contributed by atoms with Crippen molar-refractivity contribution >= 4 is 11.9 Å². The van der Waals surface area contributed by atoms with Gasteiger partial charge in [-0.25, -0.2) is 0 Å². The molecule has 2 saturated carbocycles. The maximum absolute atomic E-state index is 12.5. The lowest BCUT2D eigenvalue weighted by Crippen LogP contribution is -2.47. The lowest BCUT2D eigenvalue weighted by atomic mass is 9.79. The molecule has 1 aliphatic heterocycles. The molecule has 0 spiro atoms. The van der Waals surface area contributed by atoms with Gasteiger partial charge in [0.25, 0.3) is 0 Å². The summed E-state index contributed by atoms with van der Waals surface area (Å²) < 4.78 is 0. The van der Waals surface area contributed by atoms with Crippen LogP contribution in [0, 0.1) is 23.2 Å². The van der Waals surface area contributed by atoms with E-state index >= 15 is 0 Å². The molecular formula is C15H23NO3. The van der Waals surface area contributed by atoms with E-state index < -0.39 is 11.4 Å². The van der Waals surface area contributed by atoms with Crippen molar-refractivity contribution in [2.45, 2.75) is 45.4 Å². The average Bonchev–Trinajstić information content (AvgIpc) is 3.01. The minimum absolute atomic E-state index is 0.243. The fourth-order valence-corrected chi connectivity index (χ4v) is 4.22. The number of hydrogen-bond acceptors (Lipinski definition) is 2. The molecule has 1 N–H and O–H groups in total. The number of carboxylic acids is 1. The Morgan fingerprint density at radius 3 is 2.32 bits per heavy atom. The zero-order valence-corrected chi connectivity index (χ0v) is 11.6. The van der Waals surface area contributed by atoms with Gasteiger partial charge in [-0.05, 0) is 50.9 Å². The molecule has 3 unspecified atom stereocenters. The molecule has 4 heteroatoms. The number of carboxylic acid groups (broad SMARTS) is 1. The summed E-state index contributed by atoms with van der Waals surface area (Å²) in [4.78, 5) is 25.7. The molecule has 3 aliphatic rings. The van der Waals surface area contributed by atoms with Crippen LogP contribution in [0.25, 0.3) is 0 Å². The molecule has 0 aromatic heterocycles. The monoisotopic (exact) mass is 265 g/mol. The smallest absolute Gasteiger partial charge is 0.309 e. The first-order chi connectivity index (χ1) is 8.99. The highest BCUT2D eigenvalue weighted by Gasteiger charge is 2.46. The number of aliphatic carboxylic acids is 1. The molecular weight excluding hydrogens is 242 g/mol. The summed E-state index contributed by atoms with van der Waals surface area (Å²) in [5, 5.41) is 9.22. The van der Waals surface area contributed by atoms with Crippen molar-refractivity contribution < 1.29 is 14.7 Å². The molecule has 2 bridgehead atoms. The van der Waals surface area contributed by atoms with Gasteiger partial charge in [-0.15, -0.1) is 0 Å². The molecule has 19 heavy (non-hydrogen) atoms. The fourth-order valence-electron chi connectivity index (χ4n) is 4.22. The van der Waals surface area contributed by atoms with E-state index in [0.29, 0.717) is 37.8 Å². The molecule has 2 aliphatic carbocycles. The van der Waals surface area contributed by atoms with Gasteiger partial charge in [0.1, 0.15) is 0 Å². The Balaban J connectivity index is 1.60. The zero-order chi connectivity index (χ0) is 13.6. The highest BCUT2D eigenvalue weighted by atomic mass is 16.4. The van der Waals surface area contributed by atoms with Crippen LogP contribution < -0.4 is 0 Å². The third kappa shape index (κ3) is 2.15. The molecule has 1 amide bonds. The van der Waals surface area contributed by atoms with Crippen LogP contribution in [0.15, 0.2) is 0 Å². The number of piperidine rings is 1. The third-order valence-corrected chi connectivity index (χ3v) is 5.75. The van der Waals surface area contributed by atoms with Gasteiger partial charge in [0.05, 0.1) is 5.41 Å². The molecule has 3 rings (SSSR count). The molecule has 4 nitrogen and oxygen atoms in total. The normalized spacial score (nSPS) is 36.5. The summed E-state index contributed by atoms with van der Waals surface area (Å²) in [5.74, 6) is 1.23. The van der Waals surface area contributed by atoms with Crippen molar-refractivity contribution in [2.75, 3.05) is 13.1 Å². The maximum atomic E-state index is 12.5. The Morgan fingerprint density at radius 1 is 1.16 bits per heavy atom. The van der Waals surface area contributed by atoms with Crippen LogP contribution in [0.1, 0.15) is 45.4 Å². The van der Waals surface area contributed by atoms with Crippen molar-refractivity contribution in [3.05, 3.63) is 0 Å². The first-order valence-electron chi connectivity index (χ1n) is 7.52. The summed E-state index contributed by atoms with van der Waals surface area (Å²) in [7, 11) is 0. The second kappa shape index (κ2) is 4.50. The van der Waals surface area contributed by atoms with Gasteiger partial charge in [-0.3, -0.25) is 9.59 Å². The number of fused-ring (bicyclic) bond motifs is 2. The predicted octanol–water partition coefficient (Wildman–Crippen LogP) is 2.14. The SMILES string of the molecule is CC1(C(=O)O)CCN(C(=O)C2CC3CCC2C3)CC1. The predicted molar refractivity (Wildman–Crippen MR) is 70.5 cm³/mol. The van der Waals surface area contributed by atoms with Gasteiger partial charge < -0.3 is 10.0 Å². The average molecular weight is 265 g/mol. The van der Waals surface area contributed by atoms with Crippen molar-refractivity contribution in [3.8, 4) is 0 Å². The van der Waals surface area contributed by atoms with Gasteiger partial charge in [0.15, 0.2) is 0 Å². The van der Waals surface area contributed by atoms with Crippen molar-refractivity contribution in [2.24, 2.45) is 23.2 Å². The van der Waals surface area contributed by atoms with Gasteiger partial charge >= 0.3 is 5.97 Å². The largest absolute Gasteiger partial charge is 0.481 e. The van der Waals surface area contributed by atoms with Gasteiger partial charge in [-0.1, -0.05) is 6.42 Å². The lowest BCUT2D eigenvalue weighted by Gasteiger charge is -2.38. The van der Waals surface area contributed by atoms with E-state index in [9.17, 15) is 14.7 Å². The second-order valence-electron chi connectivity index (χ2n) is 6.97. The van der Waals surface area contributed by atoms with Crippen LogP contribution in [0.5, 0.6) is 0 Å². The molecule has 3 fully saturated rings. The Hall–Kier alpha value is -1.06. The van der Waals surface area contributed by atoms with Gasteiger partial charge in [0.2, 0.25) is 5.91 Å². The van der Waals surface area contributed by atoms with Crippen LogP contribution in [0.2, 0.25) is 0 Å². The molecule has 1 heterocycles. The van der Waals surface area contributed by atoms with Crippen LogP contribution >= 0.6 is 0 Å². The van der Waals surface area contributed by atoms with Crippen molar-refractivity contribution in [1.82, 2.24) is 4.90 Å². The van der Waals surface area contributed by atoms with E-state index in [0.717, 1.165) is 12.3 Å². The number of amides is 1. The van der Waals surface area contributed by atoms with Crippen LogP contribution in [0.3, 0.4) is 0 Å². The minimum Gasteiger partial charge on any atom is -0.481 e. The third-order valence-electron chi connectivity index (χ3n) is 5.75. The van der Waals surface area contributed by atoms with E-state index in [-0.39, 0.29) is 5.92 Å². The highest BCUT2D eigenvalue weighted by molar-refractivity contribution is 5.80. The summed E-state index contributed by atoms with van der Waals surface area (Å²) in [6, 6.07) is 0. The zero-order valence-electron chi connectivity index (χ0n) is 11.6. The number of nitrogens with zero attached hydrogens (tertiary/aromatic N) is 1. The summed E-state index contributed by atoms with van der Waals surface area (Å²) in [6.07, 6.45) is 6.05. The van der Waals surface area contributed by atoms with Gasteiger partial charge in [-0.2, -0.15) is 0 Å². The molecule has 0 aromatic rings. The summed E-state index contributed by atoms with van der Waals surface area (Å²) in [6.45, 7) is 3.04. The summed E-state index contributed by atoms with van der Waals surface area (Å²) >= 11 is 0. The Bertz CT molecular complexity index is 398. The molecule has 3 atom stereocenters. The van der Waals surface area contributed by atoms with Crippen LogP contribution in [-0.2, 0) is 9.59 Å². The van der Waals surface area contributed by atoms with E-state index in [4.69, 9.17) is 0 Å². The topological polar surface area (TPSA) is 57.6 Å². The van der Waals surface area contributed by atoms with Gasteiger partial charge in [0, 0.05) is 19.0 Å². The van der Waals surface area contributed by atoms with E-state index in [1.54, 1.807) is 6.92 Å². The Kier molecular flexibility index (Phi) is 3.06. The molecule has 1 saturated heterocycles. The molecule has 0 aromatic carbocycles. The van der Waals surface area contributed by atoms with Crippen molar-refractivity contribution in [3.63, 3.8) is 0 Å². The van der Waals surface area contributed by atoms with E-state index in [1.165, 1.54) is 19.3 Å². The summed E-state index contributed by atoms with van der Waals surface area (Å²) in [5.41, 5.74) is -0.633. The number of carbonyl (C=O) groups is 2. The Morgan fingerprint density at radius 2 is 1.84 bits per heavy atom. The quantitative estimate of drug-likeness (QED) is 0.832. The minimum atomic E-state index is -0.723. The number of likely N-dealkylation sites (tertiary alicyclic amines) is 1. The first kappa shape index (κ1) is 12.9. The fraction of sp³-hybridized carbons (Fsp3) is 0.867. The highest BCUT2D eigenvalue weighted by Crippen LogP contribution is 2.49. The number of rotatable bonds is 2. The van der Waals surface area contributed by atoms with Crippen LogP contribution in [-0.4, -0.2) is 35.0 Å².